The number of nitrogens with one attached hydrogen (secondary N) is 2. The lowest BCUT2D eigenvalue weighted by Gasteiger charge is -2.33. The van der Waals surface area contributed by atoms with Crippen LogP contribution < -0.4 is 15.5 Å². The lowest BCUT2D eigenvalue weighted by atomic mass is 9.99. The molecule has 0 spiro atoms. The van der Waals surface area contributed by atoms with Crippen LogP contribution in [0.25, 0.3) is 5.70 Å². The number of aryl methyl sites for hydroxylation is 1. The summed E-state index contributed by atoms with van der Waals surface area (Å²) >= 11 is 0. The second-order valence-corrected chi connectivity index (χ2v) is 10.7. The van der Waals surface area contributed by atoms with Crippen molar-refractivity contribution < 1.29 is 0 Å². The Balaban J connectivity index is 1.49. The molecule has 3 aromatic rings. The van der Waals surface area contributed by atoms with Crippen molar-refractivity contribution in [2.24, 2.45) is 5.10 Å². The van der Waals surface area contributed by atoms with Gasteiger partial charge in [0.2, 0.25) is 5.95 Å². The van der Waals surface area contributed by atoms with Gasteiger partial charge in [0, 0.05) is 60.9 Å². The van der Waals surface area contributed by atoms with E-state index in [0.29, 0.717) is 5.95 Å². The maximum absolute atomic E-state index is 5.01. The van der Waals surface area contributed by atoms with Crippen molar-refractivity contribution in [2.45, 2.75) is 33.2 Å². The summed E-state index contributed by atoms with van der Waals surface area (Å²) < 4.78 is 0. The Labute approximate surface area is 243 Å². The summed E-state index contributed by atoms with van der Waals surface area (Å²) in [5.74, 6) is 1.50. The van der Waals surface area contributed by atoms with Crippen molar-refractivity contribution in [1.82, 2.24) is 24.9 Å². The molecule has 4 heterocycles. The first kappa shape index (κ1) is 28.0. The van der Waals surface area contributed by atoms with Gasteiger partial charge in [0.05, 0.1) is 17.1 Å². The molecule has 0 unspecified atom stereocenters. The predicted octanol–water partition coefficient (Wildman–Crippen LogP) is 5.49. The molecule has 0 bridgehead atoms. The molecule has 2 aromatic heterocycles. The SMILES string of the molecule is C=CC(=C)Nc1cccc(C2=NN(C(C)C)C(=C)c3cnc(Nc4ccc(N5CCN(C)CC5)nc4CC)nc32)c1. The first-order valence-corrected chi connectivity index (χ1v) is 14.1. The minimum atomic E-state index is 0.113. The number of benzene rings is 1. The number of likely N-dealkylation sites (N-methyl/N-ethyl adjacent to an activating group) is 1. The van der Waals surface area contributed by atoms with Crippen LogP contribution in [0.4, 0.5) is 23.1 Å². The fourth-order valence-corrected chi connectivity index (χ4v) is 4.98. The summed E-state index contributed by atoms with van der Waals surface area (Å²) in [7, 11) is 2.16. The molecule has 1 aromatic carbocycles. The second-order valence-electron chi connectivity index (χ2n) is 10.7. The van der Waals surface area contributed by atoms with Gasteiger partial charge in [-0.3, -0.25) is 5.01 Å². The normalized spacial score (nSPS) is 15.4. The molecule has 1 saturated heterocycles. The van der Waals surface area contributed by atoms with E-state index in [-0.39, 0.29) is 6.04 Å². The van der Waals surface area contributed by atoms with E-state index in [4.69, 9.17) is 15.1 Å². The number of hydrazone groups is 1. The molecular formula is C32H39N9. The lowest BCUT2D eigenvalue weighted by Crippen LogP contribution is -2.44. The summed E-state index contributed by atoms with van der Waals surface area (Å²) in [6, 6.07) is 12.3. The van der Waals surface area contributed by atoms with E-state index >= 15 is 0 Å². The molecular weight excluding hydrogens is 510 g/mol. The topological polar surface area (TPSA) is 84.8 Å². The third-order valence-corrected chi connectivity index (χ3v) is 7.35. The molecule has 2 aliphatic heterocycles. The van der Waals surface area contributed by atoms with Gasteiger partial charge < -0.3 is 20.4 Å². The van der Waals surface area contributed by atoms with Crippen molar-refractivity contribution in [1.29, 1.82) is 0 Å². The molecule has 2 aliphatic rings. The number of aromatic nitrogens is 3. The summed E-state index contributed by atoms with van der Waals surface area (Å²) in [6.07, 6.45) is 4.31. The number of hydrogen-bond acceptors (Lipinski definition) is 9. The number of rotatable bonds is 9. The minimum Gasteiger partial charge on any atom is -0.356 e. The fraction of sp³-hybridized carbons (Fsp3) is 0.312. The van der Waals surface area contributed by atoms with E-state index in [1.165, 1.54) is 0 Å². The van der Waals surface area contributed by atoms with Gasteiger partial charge in [-0.05, 0) is 57.7 Å². The monoisotopic (exact) mass is 549 g/mol. The van der Waals surface area contributed by atoms with Gasteiger partial charge in [-0.25, -0.2) is 15.0 Å². The van der Waals surface area contributed by atoms with Gasteiger partial charge in [-0.15, -0.1) is 0 Å². The molecule has 1 fully saturated rings. The van der Waals surface area contributed by atoms with Crippen LogP contribution in [0.2, 0.25) is 0 Å². The van der Waals surface area contributed by atoms with Crippen molar-refractivity contribution in [3.8, 4) is 0 Å². The van der Waals surface area contributed by atoms with Crippen LogP contribution in [0.1, 0.15) is 43.3 Å². The van der Waals surface area contributed by atoms with E-state index in [2.05, 4.69) is 85.1 Å². The van der Waals surface area contributed by atoms with Gasteiger partial charge in [-0.2, -0.15) is 5.10 Å². The third kappa shape index (κ3) is 6.00. The zero-order valence-corrected chi connectivity index (χ0v) is 24.5. The van der Waals surface area contributed by atoms with E-state index in [9.17, 15) is 0 Å². The molecule has 0 saturated carbocycles. The molecule has 0 radical (unpaired) electrons. The zero-order chi connectivity index (χ0) is 29.1. The van der Waals surface area contributed by atoms with Gasteiger partial charge in [0.15, 0.2) is 0 Å². The molecule has 212 valence electrons. The highest BCUT2D eigenvalue weighted by molar-refractivity contribution is 6.15. The van der Waals surface area contributed by atoms with Crippen molar-refractivity contribution in [2.75, 3.05) is 48.8 Å². The molecule has 5 rings (SSSR count). The number of pyridine rings is 1. The minimum absolute atomic E-state index is 0.113. The average Bonchev–Trinajstić information content (AvgIpc) is 2.98. The first-order valence-electron chi connectivity index (χ1n) is 14.1. The van der Waals surface area contributed by atoms with E-state index in [0.717, 1.165) is 89.4 Å². The third-order valence-electron chi connectivity index (χ3n) is 7.35. The summed E-state index contributed by atoms with van der Waals surface area (Å²) in [5.41, 5.74) is 7.51. The number of fused-ring (bicyclic) bond motifs is 1. The number of nitrogens with zero attached hydrogens (tertiary/aromatic N) is 7. The number of hydrogen-bond donors (Lipinski definition) is 2. The Kier molecular flexibility index (Phi) is 8.16. The van der Waals surface area contributed by atoms with Gasteiger partial charge in [0.25, 0.3) is 0 Å². The molecule has 9 heteroatoms. The molecule has 2 N–H and O–H groups in total. The van der Waals surface area contributed by atoms with Crippen LogP contribution in [0.15, 0.2) is 79.2 Å². The molecule has 41 heavy (non-hydrogen) atoms. The highest BCUT2D eigenvalue weighted by Crippen LogP contribution is 2.32. The first-order chi connectivity index (χ1) is 19.8. The van der Waals surface area contributed by atoms with Crippen LogP contribution >= 0.6 is 0 Å². The predicted molar refractivity (Wildman–Crippen MR) is 170 cm³/mol. The summed E-state index contributed by atoms with van der Waals surface area (Å²) in [6.45, 7) is 22.4. The molecule has 0 aliphatic carbocycles. The van der Waals surface area contributed by atoms with Crippen molar-refractivity contribution in [3.05, 3.63) is 96.6 Å². The largest absolute Gasteiger partial charge is 0.356 e. The van der Waals surface area contributed by atoms with Crippen LogP contribution in [0, 0.1) is 0 Å². The summed E-state index contributed by atoms with van der Waals surface area (Å²) in [4.78, 5) is 19.3. The Morgan fingerprint density at radius 2 is 1.88 bits per heavy atom. The van der Waals surface area contributed by atoms with Gasteiger partial charge >= 0.3 is 0 Å². The maximum atomic E-state index is 5.01. The van der Waals surface area contributed by atoms with Crippen molar-refractivity contribution in [3.63, 3.8) is 0 Å². The zero-order valence-electron chi connectivity index (χ0n) is 24.5. The standard InChI is InChI=1S/C32H39N9/c1-8-22(5)34-25-12-10-11-24(19-25)30-31-26(23(6)41(38-30)21(3)4)20-33-32(37-31)36-28-13-14-29(35-27(28)9-2)40-17-15-39(7)16-18-40/h8,10-14,19-21,34H,1,5-6,9,15-18H2,2-4,7H3,(H,33,36,37). The number of piperazine rings is 1. The Bertz CT molecular complexity index is 1500. The van der Waals surface area contributed by atoms with E-state index in [1.54, 1.807) is 6.08 Å². The average molecular weight is 550 g/mol. The van der Waals surface area contributed by atoms with Crippen molar-refractivity contribution >= 4 is 34.5 Å². The molecule has 0 atom stereocenters. The Morgan fingerprint density at radius 1 is 1.10 bits per heavy atom. The maximum Gasteiger partial charge on any atom is 0.227 e. The van der Waals surface area contributed by atoms with Gasteiger partial charge in [-0.1, -0.05) is 38.8 Å². The lowest BCUT2D eigenvalue weighted by molar-refractivity contribution is 0.312. The van der Waals surface area contributed by atoms with Crippen LogP contribution in [-0.2, 0) is 6.42 Å². The number of anilines is 4. The highest BCUT2D eigenvalue weighted by atomic mass is 15.5. The van der Waals surface area contributed by atoms with Crippen LogP contribution in [0.5, 0.6) is 0 Å². The fourth-order valence-electron chi connectivity index (χ4n) is 4.98. The van der Waals surface area contributed by atoms with Crippen LogP contribution in [0.3, 0.4) is 0 Å². The number of allylic oxidation sites excluding steroid dienone is 1. The van der Waals surface area contributed by atoms with E-state index in [1.807, 2.05) is 35.5 Å². The Morgan fingerprint density at radius 3 is 2.59 bits per heavy atom. The van der Waals surface area contributed by atoms with E-state index < -0.39 is 0 Å². The van der Waals surface area contributed by atoms with Crippen LogP contribution in [-0.4, -0.2) is 69.8 Å². The molecule has 9 nitrogen and oxygen atoms in total. The Hall–Kier alpha value is -4.50. The summed E-state index contributed by atoms with van der Waals surface area (Å²) in [5, 5.41) is 13.6. The second kappa shape index (κ2) is 11.9. The quantitative estimate of drug-likeness (QED) is 0.339. The highest BCUT2D eigenvalue weighted by Gasteiger charge is 2.28. The molecule has 0 amide bonds. The van der Waals surface area contributed by atoms with Gasteiger partial charge in [0.1, 0.15) is 17.2 Å². The smallest absolute Gasteiger partial charge is 0.227 e.